The Hall–Kier alpha value is 0.210. The summed E-state index contributed by atoms with van der Waals surface area (Å²) in [6.45, 7) is 5.29. The molecule has 1 atom stereocenters. The highest BCUT2D eigenvalue weighted by molar-refractivity contribution is 6.17. The number of hydrogen-bond donors (Lipinski definition) is 1. The van der Waals surface area contributed by atoms with Crippen LogP contribution in [0.15, 0.2) is 0 Å². The smallest absolute Gasteiger partial charge is 0.0541 e. The molecule has 0 saturated carbocycles. The number of alkyl halides is 1. The van der Waals surface area contributed by atoms with Gasteiger partial charge in [-0.15, -0.1) is 11.6 Å². The van der Waals surface area contributed by atoms with Gasteiger partial charge < -0.3 is 10.0 Å². The molecule has 0 aromatic carbocycles. The predicted octanol–water partition coefficient (Wildman–Crippen LogP) is 1.71. The summed E-state index contributed by atoms with van der Waals surface area (Å²) in [6, 6.07) is 0. The molecule has 0 aromatic rings. The van der Waals surface area contributed by atoms with E-state index in [1.807, 2.05) is 6.92 Å². The molecule has 1 saturated heterocycles. The molecule has 3 heteroatoms. The SMILES string of the molecule is C[C@H](O)C1CCN(CCCCl)CC1. The first-order valence-electron chi connectivity index (χ1n) is 5.20. The predicted molar refractivity (Wildman–Crippen MR) is 56.2 cm³/mol. The molecule has 0 radical (unpaired) electrons. The van der Waals surface area contributed by atoms with Crippen molar-refractivity contribution in [3.8, 4) is 0 Å². The molecule has 78 valence electrons. The molecule has 0 aliphatic carbocycles. The Morgan fingerprint density at radius 2 is 2.08 bits per heavy atom. The van der Waals surface area contributed by atoms with Gasteiger partial charge in [-0.3, -0.25) is 0 Å². The van der Waals surface area contributed by atoms with Crippen LogP contribution in [0.5, 0.6) is 0 Å². The van der Waals surface area contributed by atoms with Crippen LogP contribution < -0.4 is 0 Å². The average molecular weight is 206 g/mol. The number of nitrogens with zero attached hydrogens (tertiary/aromatic N) is 1. The maximum absolute atomic E-state index is 9.40. The maximum atomic E-state index is 9.40. The first kappa shape index (κ1) is 11.3. The molecular weight excluding hydrogens is 186 g/mol. The maximum Gasteiger partial charge on any atom is 0.0541 e. The molecule has 1 rings (SSSR count). The number of aliphatic hydroxyl groups excluding tert-OH is 1. The number of aliphatic hydroxyl groups is 1. The van der Waals surface area contributed by atoms with Gasteiger partial charge in [-0.2, -0.15) is 0 Å². The van der Waals surface area contributed by atoms with Gasteiger partial charge in [0.25, 0.3) is 0 Å². The highest BCUT2D eigenvalue weighted by Crippen LogP contribution is 2.20. The van der Waals surface area contributed by atoms with Crippen LogP contribution in [0.25, 0.3) is 0 Å². The van der Waals surface area contributed by atoms with Crippen molar-refractivity contribution in [1.82, 2.24) is 4.90 Å². The summed E-state index contributed by atoms with van der Waals surface area (Å²) in [4.78, 5) is 2.45. The third-order valence-electron chi connectivity index (χ3n) is 2.92. The van der Waals surface area contributed by atoms with E-state index < -0.39 is 0 Å². The Balaban J connectivity index is 2.15. The summed E-state index contributed by atoms with van der Waals surface area (Å²) in [7, 11) is 0. The highest BCUT2D eigenvalue weighted by Gasteiger charge is 2.21. The number of rotatable bonds is 4. The Bertz CT molecular complexity index is 133. The van der Waals surface area contributed by atoms with Gasteiger partial charge in [-0.1, -0.05) is 0 Å². The number of hydrogen-bond acceptors (Lipinski definition) is 2. The number of likely N-dealkylation sites (tertiary alicyclic amines) is 1. The first-order valence-corrected chi connectivity index (χ1v) is 5.74. The lowest BCUT2D eigenvalue weighted by Crippen LogP contribution is -2.37. The van der Waals surface area contributed by atoms with Crippen LogP contribution in [0.1, 0.15) is 26.2 Å². The van der Waals surface area contributed by atoms with Crippen molar-refractivity contribution in [2.24, 2.45) is 5.92 Å². The van der Waals surface area contributed by atoms with Crippen LogP contribution in [0.3, 0.4) is 0 Å². The summed E-state index contributed by atoms with van der Waals surface area (Å²) >= 11 is 5.63. The number of halogens is 1. The van der Waals surface area contributed by atoms with E-state index in [-0.39, 0.29) is 6.10 Å². The Morgan fingerprint density at radius 3 is 2.54 bits per heavy atom. The molecule has 1 fully saturated rings. The van der Waals surface area contributed by atoms with Crippen LogP contribution in [0.2, 0.25) is 0 Å². The standard InChI is InChI=1S/C10H20ClNO/c1-9(13)10-3-7-12(8-4-10)6-2-5-11/h9-10,13H,2-8H2,1H3/t9-/m0/s1. The van der Waals surface area contributed by atoms with Crippen molar-refractivity contribution in [2.75, 3.05) is 25.5 Å². The van der Waals surface area contributed by atoms with Gasteiger partial charge in [-0.25, -0.2) is 0 Å². The lowest BCUT2D eigenvalue weighted by Gasteiger charge is -2.33. The average Bonchev–Trinajstić information content (AvgIpc) is 2.15. The van der Waals surface area contributed by atoms with Crippen molar-refractivity contribution in [3.05, 3.63) is 0 Å². The van der Waals surface area contributed by atoms with Gasteiger partial charge in [0.15, 0.2) is 0 Å². The van der Waals surface area contributed by atoms with Crippen LogP contribution in [0.4, 0.5) is 0 Å². The van der Waals surface area contributed by atoms with Crippen molar-refractivity contribution >= 4 is 11.6 Å². The van der Waals surface area contributed by atoms with Gasteiger partial charge >= 0.3 is 0 Å². The molecule has 0 spiro atoms. The molecule has 0 unspecified atom stereocenters. The van der Waals surface area contributed by atoms with Crippen LogP contribution >= 0.6 is 11.6 Å². The lowest BCUT2D eigenvalue weighted by molar-refractivity contribution is 0.0720. The second kappa shape index (κ2) is 5.84. The largest absolute Gasteiger partial charge is 0.393 e. The fourth-order valence-corrected chi connectivity index (χ4v) is 2.06. The van der Waals surface area contributed by atoms with E-state index in [0.717, 1.165) is 44.8 Å². The van der Waals surface area contributed by atoms with Crippen molar-refractivity contribution < 1.29 is 5.11 Å². The summed E-state index contributed by atoms with van der Waals surface area (Å²) < 4.78 is 0. The Kier molecular flexibility index (Phi) is 5.07. The van der Waals surface area contributed by atoms with Crippen LogP contribution in [-0.2, 0) is 0 Å². The normalized spacial score (nSPS) is 23.3. The molecule has 1 heterocycles. The third kappa shape index (κ3) is 3.84. The van der Waals surface area contributed by atoms with E-state index in [1.54, 1.807) is 0 Å². The summed E-state index contributed by atoms with van der Waals surface area (Å²) in [5.41, 5.74) is 0. The zero-order valence-electron chi connectivity index (χ0n) is 8.38. The second-order valence-corrected chi connectivity index (χ2v) is 4.34. The molecule has 2 nitrogen and oxygen atoms in total. The Morgan fingerprint density at radius 1 is 1.46 bits per heavy atom. The van der Waals surface area contributed by atoms with Gasteiger partial charge in [0, 0.05) is 5.88 Å². The molecule has 0 amide bonds. The van der Waals surface area contributed by atoms with Gasteiger partial charge in [0.1, 0.15) is 0 Å². The van der Waals surface area contributed by atoms with Gasteiger partial charge in [0.2, 0.25) is 0 Å². The first-order chi connectivity index (χ1) is 6.24. The highest BCUT2D eigenvalue weighted by atomic mass is 35.5. The van der Waals surface area contributed by atoms with Crippen molar-refractivity contribution in [2.45, 2.75) is 32.3 Å². The fourth-order valence-electron chi connectivity index (χ4n) is 1.94. The minimum atomic E-state index is -0.129. The Labute approximate surface area is 85.9 Å². The molecule has 13 heavy (non-hydrogen) atoms. The second-order valence-electron chi connectivity index (χ2n) is 3.96. The molecule has 0 aromatic heterocycles. The summed E-state index contributed by atoms with van der Waals surface area (Å²) in [6.07, 6.45) is 3.23. The van der Waals surface area contributed by atoms with Crippen molar-refractivity contribution in [1.29, 1.82) is 0 Å². The molecule has 1 aliphatic heterocycles. The zero-order chi connectivity index (χ0) is 9.68. The van der Waals surface area contributed by atoms with E-state index in [1.165, 1.54) is 0 Å². The molecular formula is C10H20ClNO. The van der Waals surface area contributed by atoms with Crippen molar-refractivity contribution in [3.63, 3.8) is 0 Å². The molecule has 1 N–H and O–H groups in total. The van der Waals surface area contributed by atoms with Crippen LogP contribution in [0, 0.1) is 5.92 Å². The minimum absolute atomic E-state index is 0.129. The van der Waals surface area contributed by atoms with Gasteiger partial charge in [-0.05, 0) is 51.7 Å². The van der Waals surface area contributed by atoms with Crippen LogP contribution in [-0.4, -0.2) is 41.6 Å². The minimum Gasteiger partial charge on any atom is -0.393 e. The third-order valence-corrected chi connectivity index (χ3v) is 3.19. The van der Waals surface area contributed by atoms with E-state index in [4.69, 9.17) is 11.6 Å². The molecule has 0 bridgehead atoms. The summed E-state index contributed by atoms with van der Waals surface area (Å²) in [5, 5.41) is 9.40. The summed E-state index contributed by atoms with van der Waals surface area (Å²) in [5.74, 6) is 1.28. The van der Waals surface area contributed by atoms with E-state index in [2.05, 4.69) is 4.90 Å². The fraction of sp³-hybridized carbons (Fsp3) is 1.00. The monoisotopic (exact) mass is 205 g/mol. The lowest BCUT2D eigenvalue weighted by atomic mass is 9.92. The van der Waals surface area contributed by atoms with E-state index in [0.29, 0.717) is 5.92 Å². The topological polar surface area (TPSA) is 23.5 Å². The quantitative estimate of drug-likeness (QED) is 0.707. The zero-order valence-corrected chi connectivity index (χ0v) is 9.13. The van der Waals surface area contributed by atoms with E-state index >= 15 is 0 Å². The van der Waals surface area contributed by atoms with E-state index in [9.17, 15) is 5.11 Å². The van der Waals surface area contributed by atoms with Gasteiger partial charge in [0.05, 0.1) is 6.10 Å². The molecule has 1 aliphatic rings. The number of piperidine rings is 1.